The maximum Gasteiger partial charge on any atom is 0.288 e. The number of anilines is 1. The molecule has 0 unspecified atom stereocenters. The number of carbonyl (C=O) groups is 1. The van der Waals surface area contributed by atoms with Gasteiger partial charge in [-0.1, -0.05) is 25.4 Å². The molecule has 110 valence electrons. The van der Waals surface area contributed by atoms with Crippen molar-refractivity contribution in [2.75, 3.05) is 18.4 Å². The highest BCUT2D eigenvalue weighted by molar-refractivity contribution is 6.33. The second kappa shape index (κ2) is 7.09. The summed E-state index contributed by atoms with van der Waals surface area (Å²) >= 11 is 5.83. The van der Waals surface area contributed by atoms with Crippen LogP contribution >= 0.6 is 11.6 Å². The average molecular weight is 300 g/mol. The monoisotopic (exact) mass is 299 g/mol. The summed E-state index contributed by atoms with van der Waals surface area (Å²) in [7, 11) is 0. The van der Waals surface area contributed by atoms with Crippen molar-refractivity contribution in [1.82, 2.24) is 5.32 Å². The first-order valence-corrected chi connectivity index (χ1v) is 6.64. The van der Waals surface area contributed by atoms with Gasteiger partial charge in [-0.2, -0.15) is 0 Å². The molecule has 6 nitrogen and oxygen atoms in total. The van der Waals surface area contributed by atoms with Gasteiger partial charge in [0.1, 0.15) is 5.02 Å². The van der Waals surface area contributed by atoms with Gasteiger partial charge < -0.3 is 10.6 Å². The van der Waals surface area contributed by atoms with Crippen LogP contribution in [0.3, 0.4) is 0 Å². The van der Waals surface area contributed by atoms with Gasteiger partial charge in [-0.15, -0.1) is 0 Å². The molecule has 0 aliphatic heterocycles. The quantitative estimate of drug-likeness (QED) is 0.625. The van der Waals surface area contributed by atoms with Crippen molar-refractivity contribution < 1.29 is 9.72 Å². The molecule has 0 bridgehead atoms. The SMILES string of the molecule is Cc1cc([N+](=O)[O-])c(Cl)cc1NCC(=O)NCC(C)C. The molecule has 0 heterocycles. The standard InChI is InChI=1S/C13H18ClN3O3/c1-8(2)6-16-13(18)7-15-11-5-10(14)12(17(19)20)4-9(11)3/h4-5,8,15H,6-7H2,1-3H3,(H,16,18). The lowest BCUT2D eigenvalue weighted by atomic mass is 10.1. The number of amides is 1. The van der Waals surface area contributed by atoms with E-state index in [1.165, 1.54) is 12.1 Å². The minimum Gasteiger partial charge on any atom is -0.376 e. The number of nitro groups is 1. The van der Waals surface area contributed by atoms with Crippen LogP contribution in [-0.2, 0) is 4.79 Å². The van der Waals surface area contributed by atoms with Crippen LogP contribution in [0.4, 0.5) is 11.4 Å². The van der Waals surface area contributed by atoms with Crippen LogP contribution in [-0.4, -0.2) is 23.9 Å². The molecule has 1 aromatic rings. The number of nitro benzene ring substituents is 1. The van der Waals surface area contributed by atoms with E-state index in [9.17, 15) is 14.9 Å². The fraction of sp³-hybridized carbons (Fsp3) is 0.462. The van der Waals surface area contributed by atoms with Gasteiger partial charge in [0.15, 0.2) is 0 Å². The third kappa shape index (κ3) is 4.70. The van der Waals surface area contributed by atoms with E-state index in [1.54, 1.807) is 6.92 Å². The Balaban J connectivity index is 2.67. The predicted molar refractivity (Wildman–Crippen MR) is 79.2 cm³/mol. The average Bonchev–Trinajstić information content (AvgIpc) is 2.36. The number of carbonyl (C=O) groups excluding carboxylic acids is 1. The van der Waals surface area contributed by atoms with E-state index in [4.69, 9.17) is 11.6 Å². The maximum absolute atomic E-state index is 11.6. The fourth-order valence-electron chi connectivity index (χ4n) is 1.55. The molecule has 0 saturated heterocycles. The van der Waals surface area contributed by atoms with Crippen LogP contribution in [0.15, 0.2) is 12.1 Å². The summed E-state index contributed by atoms with van der Waals surface area (Å²) in [6.07, 6.45) is 0. The zero-order valence-electron chi connectivity index (χ0n) is 11.7. The Labute approximate surface area is 122 Å². The number of rotatable bonds is 6. The van der Waals surface area contributed by atoms with E-state index in [-0.39, 0.29) is 23.2 Å². The summed E-state index contributed by atoms with van der Waals surface area (Å²) in [6.45, 7) is 6.45. The zero-order valence-corrected chi connectivity index (χ0v) is 12.5. The Hall–Kier alpha value is -1.82. The third-order valence-electron chi connectivity index (χ3n) is 2.64. The number of hydrogen-bond acceptors (Lipinski definition) is 4. The molecule has 20 heavy (non-hydrogen) atoms. The van der Waals surface area contributed by atoms with Crippen LogP contribution < -0.4 is 10.6 Å². The maximum atomic E-state index is 11.6. The Morgan fingerprint density at radius 1 is 1.45 bits per heavy atom. The highest BCUT2D eigenvalue weighted by Gasteiger charge is 2.15. The first-order chi connectivity index (χ1) is 9.31. The molecule has 2 N–H and O–H groups in total. The van der Waals surface area contributed by atoms with Crippen molar-refractivity contribution in [2.24, 2.45) is 5.92 Å². The number of benzene rings is 1. The van der Waals surface area contributed by atoms with Crippen LogP contribution in [0.2, 0.25) is 5.02 Å². The molecule has 0 aliphatic carbocycles. The molecular weight excluding hydrogens is 282 g/mol. The van der Waals surface area contributed by atoms with Crippen molar-refractivity contribution >= 4 is 28.9 Å². The number of aryl methyl sites for hydroxylation is 1. The van der Waals surface area contributed by atoms with Gasteiger partial charge in [0, 0.05) is 18.3 Å². The van der Waals surface area contributed by atoms with Gasteiger partial charge in [-0.25, -0.2) is 0 Å². The minimum absolute atomic E-state index is 0.0469. The van der Waals surface area contributed by atoms with Crippen LogP contribution in [0.25, 0.3) is 0 Å². The van der Waals surface area contributed by atoms with Crippen LogP contribution in [0.1, 0.15) is 19.4 Å². The van der Waals surface area contributed by atoms with Crippen molar-refractivity contribution in [3.8, 4) is 0 Å². The fourth-order valence-corrected chi connectivity index (χ4v) is 1.79. The molecule has 0 aliphatic rings. The highest BCUT2D eigenvalue weighted by Crippen LogP contribution is 2.30. The molecule has 7 heteroatoms. The second-order valence-corrected chi connectivity index (χ2v) is 5.33. The molecule has 0 saturated carbocycles. The van der Waals surface area contributed by atoms with Crippen LogP contribution in [0.5, 0.6) is 0 Å². The van der Waals surface area contributed by atoms with Gasteiger partial charge in [0.05, 0.1) is 11.5 Å². The van der Waals surface area contributed by atoms with Crippen molar-refractivity contribution in [3.05, 3.63) is 32.8 Å². The lowest BCUT2D eigenvalue weighted by molar-refractivity contribution is -0.384. The summed E-state index contributed by atoms with van der Waals surface area (Å²) in [5.74, 6) is 0.252. The third-order valence-corrected chi connectivity index (χ3v) is 2.94. The number of nitrogens with one attached hydrogen (secondary N) is 2. The van der Waals surface area contributed by atoms with Gasteiger partial charge >= 0.3 is 0 Å². The van der Waals surface area contributed by atoms with E-state index < -0.39 is 4.92 Å². The summed E-state index contributed by atoms with van der Waals surface area (Å²) in [5, 5.41) is 16.5. The molecule has 0 atom stereocenters. The van der Waals surface area contributed by atoms with Crippen LogP contribution in [0, 0.1) is 23.0 Å². The predicted octanol–water partition coefficient (Wildman–Crippen LogP) is 2.74. The summed E-state index contributed by atoms with van der Waals surface area (Å²) < 4.78 is 0. The molecule has 1 amide bonds. The van der Waals surface area contributed by atoms with Gasteiger partial charge in [-0.05, 0) is 24.5 Å². The minimum atomic E-state index is -0.533. The first-order valence-electron chi connectivity index (χ1n) is 6.26. The Morgan fingerprint density at radius 2 is 2.10 bits per heavy atom. The molecule has 0 radical (unpaired) electrons. The normalized spacial score (nSPS) is 10.4. The van der Waals surface area contributed by atoms with Gasteiger partial charge in [0.2, 0.25) is 5.91 Å². The number of hydrogen-bond donors (Lipinski definition) is 2. The molecule has 0 aromatic heterocycles. The van der Waals surface area contributed by atoms with E-state index in [0.29, 0.717) is 23.7 Å². The Kier molecular flexibility index (Phi) is 5.76. The van der Waals surface area contributed by atoms with E-state index in [1.807, 2.05) is 13.8 Å². The number of halogens is 1. The van der Waals surface area contributed by atoms with E-state index >= 15 is 0 Å². The number of nitrogens with zero attached hydrogens (tertiary/aromatic N) is 1. The van der Waals surface area contributed by atoms with E-state index in [0.717, 1.165) is 0 Å². The largest absolute Gasteiger partial charge is 0.376 e. The molecular formula is C13H18ClN3O3. The molecule has 1 aromatic carbocycles. The molecule has 1 rings (SSSR count). The zero-order chi connectivity index (χ0) is 15.3. The Bertz CT molecular complexity index is 518. The van der Waals surface area contributed by atoms with Gasteiger partial charge in [-0.3, -0.25) is 14.9 Å². The van der Waals surface area contributed by atoms with Crippen molar-refractivity contribution in [3.63, 3.8) is 0 Å². The smallest absolute Gasteiger partial charge is 0.288 e. The van der Waals surface area contributed by atoms with E-state index in [2.05, 4.69) is 10.6 Å². The van der Waals surface area contributed by atoms with Gasteiger partial charge in [0.25, 0.3) is 5.69 Å². The Morgan fingerprint density at radius 3 is 2.65 bits per heavy atom. The molecule has 0 spiro atoms. The summed E-state index contributed by atoms with van der Waals surface area (Å²) in [6, 6.07) is 2.85. The summed E-state index contributed by atoms with van der Waals surface area (Å²) in [4.78, 5) is 21.8. The lowest BCUT2D eigenvalue weighted by Gasteiger charge is -2.11. The van der Waals surface area contributed by atoms with Crippen molar-refractivity contribution in [1.29, 1.82) is 0 Å². The molecule has 0 fully saturated rings. The second-order valence-electron chi connectivity index (χ2n) is 4.93. The van der Waals surface area contributed by atoms with Crippen molar-refractivity contribution in [2.45, 2.75) is 20.8 Å². The first kappa shape index (κ1) is 16.2. The lowest BCUT2D eigenvalue weighted by Crippen LogP contribution is -2.32. The topological polar surface area (TPSA) is 84.3 Å². The highest BCUT2D eigenvalue weighted by atomic mass is 35.5. The summed E-state index contributed by atoms with van der Waals surface area (Å²) in [5.41, 5.74) is 1.14.